The molecule has 0 aromatic heterocycles. The molecule has 0 unspecified atom stereocenters. The van der Waals surface area contributed by atoms with E-state index in [-0.39, 0.29) is 5.91 Å². The van der Waals surface area contributed by atoms with Gasteiger partial charge in [0, 0.05) is 57.4 Å². The number of alkyl halides is 1. The summed E-state index contributed by atoms with van der Waals surface area (Å²) in [6, 6.07) is 7.81. The van der Waals surface area contributed by atoms with Gasteiger partial charge in [0.25, 0.3) is 5.91 Å². The number of anilines is 1. The highest BCUT2D eigenvalue weighted by Crippen LogP contribution is 2.15. The highest BCUT2D eigenvalue weighted by Gasteiger charge is 2.19. The number of carbonyl (C=O) groups excluding carboxylic acids is 1. The van der Waals surface area contributed by atoms with Crippen LogP contribution in [-0.4, -0.2) is 68.4 Å². The molecule has 4 nitrogen and oxygen atoms in total. The molecule has 1 amide bonds. The van der Waals surface area contributed by atoms with Crippen LogP contribution in [-0.2, 0) is 0 Å². The molecule has 1 heterocycles. The van der Waals surface area contributed by atoms with Gasteiger partial charge >= 0.3 is 0 Å². The fraction of sp³-hybridized carbons (Fsp3) is 0.562. The molecular formula is C16H24ClN3O. The Balaban J connectivity index is 1.99. The number of halogens is 1. The summed E-state index contributed by atoms with van der Waals surface area (Å²) in [7, 11) is 3.99. The lowest BCUT2D eigenvalue weighted by molar-refractivity contribution is 0.0762. The minimum Gasteiger partial charge on any atom is -0.378 e. The average Bonchev–Trinajstić information content (AvgIpc) is 2.73. The minimum atomic E-state index is 0.132. The molecule has 1 fully saturated rings. The third-order valence-electron chi connectivity index (χ3n) is 3.91. The van der Waals surface area contributed by atoms with Crippen LogP contribution in [0.15, 0.2) is 24.3 Å². The Morgan fingerprint density at radius 2 is 1.86 bits per heavy atom. The highest BCUT2D eigenvalue weighted by atomic mass is 35.5. The second-order valence-electron chi connectivity index (χ2n) is 5.62. The summed E-state index contributed by atoms with van der Waals surface area (Å²) in [5, 5.41) is 0. The summed E-state index contributed by atoms with van der Waals surface area (Å²) < 4.78 is 0. The average molecular weight is 310 g/mol. The molecule has 0 bridgehead atoms. The maximum absolute atomic E-state index is 12.6. The van der Waals surface area contributed by atoms with Crippen molar-refractivity contribution in [3.05, 3.63) is 29.8 Å². The maximum atomic E-state index is 12.6. The van der Waals surface area contributed by atoms with E-state index in [0.29, 0.717) is 5.88 Å². The Kier molecular flexibility index (Phi) is 5.88. The Bertz CT molecular complexity index is 461. The predicted octanol–water partition coefficient (Wildman–Crippen LogP) is 2.14. The molecular weight excluding hydrogens is 286 g/mol. The summed E-state index contributed by atoms with van der Waals surface area (Å²) in [5.41, 5.74) is 1.88. The zero-order chi connectivity index (χ0) is 15.2. The first-order valence-corrected chi connectivity index (χ1v) is 8.00. The van der Waals surface area contributed by atoms with E-state index < -0.39 is 0 Å². The Labute approximate surface area is 132 Å². The van der Waals surface area contributed by atoms with E-state index in [1.807, 2.05) is 48.2 Å². The molecule has 21 heavy (non-hydrogen) atoms. The normalized spacial score (nSPS) is 16.6. The van der Waals surface area contributed by atoms with E-state index in [1.54, 1.807) is 0 Å². The van der Waals surface area contributed by atoms with Crippen LogP contribution < -0.4 is 4.90 Å². The quantitative estimate of drug-likeness (QED) is 0.797. The first kappa shape index (κ1) is 16.1. The van der Waals surface area contributed by atoms with Crippen molar-refractivity contribution in [2.45, 2.75) is 6.42 Å². The van der Waals surface area contributed by atoms with Crippen molar-refractivity contribution >= 4 is 23.2 Å². The Morgan fingerprint density at radius 3 is 2.48 bits per heavy atom. The van der Waals surface area contributed by atoms with Crippen LogP contribution in [0.5, 0.6) is 0 Å². The Morgan fingerprint density at radius 1 is 1.14 bits per heavy atom. The van der Waals surface area contributed by atoms with Crippen molar-refractivity contribution in [1.29, 1.82) is 0 Å². The molecule has 0 atom stereocenters. The van der Waals surface area contributed by atoms with Crippen LogP contribution in [0.2, 0.25) is 0 Å². The van der Waals surface area contributed by atoms with E-state index in [0.717, 1.165) is 50.4 Å². The Hall–Kier alpha value is -1.26. The number of amides is 1. The number of hydrogen-bond acceptors (Lipinski definition) is 3. The standard InChI is InChI=1S/C16H24ClN3O/c1-18(2)15-6-4-14(5-7-15)16(21)20-10-3-9-19(11-8-17)12-13-20/h4-7H,3,8-13H2,1-2H3. The fourth-order valence-electron chi connectivity index (χ4n) is 2.60. The van der Waals surface area contributed by atoms with Crippen molar-refractivity contribution in [2.75, 3.05) is 57.6 Å². The van der Waals surface area contributed by atoms with Gasteiger partial charge in [-0.3, -0.25) is 4.79 Å². The van der Waals surface area contributed by atoms with Gasteiger partial charge in [-0.25, -0.2) is 0 Å². The van der Waals surface area contributed by atoms with Gasteiger partial charge in [-0.1, -0.05) is 0 Å². The summed E-state index contributed by atoms with van der Waals surface area (Å²) in [6.07, 6.45) is 1.01. The van der Waals surface area contributed by atoms with Crippen LogP contribution >= 0.6 is 11.6 Å². The van der Waals surface area contributed by atoms with Gasteiger partial charge in [0.2, 0.25) is 0 Å². The zero-order valence-corrected chi connectivity index (χ0v) is 13.6. The number of hydrogen-bond donors (Lipinski definition) is 0. The molecule has 116 valence electrons. The zero-order valence-electron chi connectivity index (χ0n) is 12.9. The molecule has 0 radical (unpaired) electrons. The number of benzene rings is 1. The topological polar surface area (TPSA) is 26.8 Å². The smallest absolute Gasteiger partial charge is 0.253 e. The molecule has 1 aromatic carbocycles. The molecule has 0 aliphatic carbocycles. The van der Waals surface area contributed by atoms with Crippen LogP contribution in [0.1, 0.15) is 16.8 Å². The fourth-order valence-corrected chi connectivity index (χ4v) is 2.84. The lowest BCUT2D eigenvalue weighted by Crippen LogP contribution is -2.35. The van der Waals surface area contributed by atoms with E-state index in [2.05, 4.69) is 4.90 Å². The van der Waals surface area contributed by atoms with Crippen molar-refractivity contribution < 1.29 is 4.79 Å². The molecule has 1 aliphatic rings. The van der Waals surface area contributed by atoms with Crippen LogP contribution in [0, 0.1) is 0 Å². The van der Waals surface area contributed by atoms with Crippen molar-refractivity contribution in [2.24, 2.45) is 0 Å². The van der Waals surface area contributed by atoms with Gasteiger partial charge in [-0.15, -0.1) is 11.6 Å². The van der Waals surface area contributed by atoms with Gasteiger partial charge in [-0.05, 0) is 37.2 Å². The number of carbonyl (C=O) groups is 1. The molecule has 0 N–H and O–H groups in total. The number of nitrogens with zero attached hydrogens (tertiary/aromatic N) is 3. The third kappa shape index (κ3) is 4.35. The lowest BCUT2D eigenvalue weighted by atomic mass is 10.1. The third-order valence-corrected chi connectivity index (χ3v) is 4.08. The van der Waals surface area contributed by atoms with E-state index >= 15 is 0 Å². The molecule has 5 heteroatoms. The minimum absolute atomic E-state index is 0.132. The second-order valence-corrected chi connectivity index (χ2v) is 6.00. The maximum Gasteiger partial charge on any atom is 0.253 e. The van der Waals surface area contributed by atoms with Gasteiger partial charge in [0.15, 0.2) is 0 Å². The van der Waals surface area contributed by atoms with Crippen molar-refractivity contribution in [3.63, 3.8) is 0 Å². The largest absolute Gasteiger partial charge is 0.378 e. The first-order chi connectivity index (χ1) is 10.1. The molecule has 1 aliphatic heterocycles. The molecule has 1 saturated heterocycles. The van der Waals surface area contributed by atoms with Gasteiger partial charge in [0.1, 0.15) is 0 Å². The predicted molar refractivity (Wildman–Crippen MR) is 88.4 cm³/mol. The summed E-state index contributed by atoms with van der Waals surface area (Å²) in [6.45, 7) is 4.45. The van der Waals surface area contributed by atoms with E-state index in [4.69, 9.17) is 11.6 Å². The van der Waals surface area contributed by atoms with E-state index in [9.17, 15) is 4.79 Å². The van der Waals surface area contributed by atoms with Gasteiger partial charge < -0.3 is 14.7 Å². The van der Waals surface area contributed by atoms with Crippen molar-refractivity contribution in [1.82, 2.24) is 9.80 Å². The monoisotopic (exact) mass is 309 g/mol. The summed E-state index contributed by atoms with van der Waals surface area (Å²) >= 11 is 5.80. The molecule has 0 spiro atoms. The lowest BCUT2D eigenvalue weighted by Gasteiger charge is -2.22. The van der Waals surface area contributed by atoms with Crippen LogP contribution in [0.25, 0.3) is 0 Å². The van der Waals surface area contributed by atoms with Crippen LogP contribution in [0.4, 0.5) is 5.69 Å². The van der Waals surface area contributed by atoms with E-state index in [1.165, 1.54) is 0 Å². The van der Waals surface area contributed by atoms with Crippen molar-refractivity contribution in [3.8, 4) is 0 Å². The van der Waals surface area contributed by atoms with Gasteiger partial charge in [0.05, 0.1) is 0 Å². The SMILES string of the molecule is CN(C)c1ccc(C(=O)N2CCCN(CCCl)CC2)cc1. The highest BCUT2D eigenvalue weighted by molar-refractivity contribution is 6.18. The van der Waals surface area contributed by atoms with Gasteiger partial charge in [-0.2, -0.15) is 0 Å². The molecule has 0 saturated carbocycles. The number of rotatable bonds is 4. The first-order valence-electron chi connectivity index (χ1n) is 7.47. The van der Waals surface area contributed by atoms with Crippen LogP contribution in [0.3, 0.4) is 0 Å². The second kappa shape index (κ2) is 7.66. The molecule has 2 rings (SSSR count). The summed E-state index contributed by atoms with van der Waals surface area (Å²) in [4.78, 5) is 18.9. The summed E-state index contributed by atoms with van der Waals surface area (Å²) in [5.74, 6) is 0.785. The molecule has 1 aromatic rings.